The lowest BCUT2D eigenvalue weighted by molar-refractivity contribution is 0.216. The molecular formula is C20H23FN4O3S. The first-order valence-corrected chi connectivity index (χ1v) is 11.0. The molecule has 1 aliphatic heterocycles. The third-order valence-corrected chi connectivity index (χ3v) is 7.14. The Balaban J connectivity index is 1.61. The van der Waals surface area contributed by atoms with E-state index in [1.807, 2.05) is 6.07 Å². The minimum atomic E-state index is -3.72. The summed E-state index contributed by atoms with van der Waals surface area (Å²) in [4.78, 5) is 4.56. The Bertz CT molecular complexity index is 1120. The maximum atomic E-state index is 13.4. The van der Waals surface area contributed by atoms with Gasteiger partial charge in [0, 0.05) is 26.2 Å². The molecule has 1 fully saturated rings. The minimum Gasteiger partial charge on any atom is -0.444 e. The molecule has 3 heterocycles. The van der Waals surface area contributed by atoms with E-state index in [1.54, 1.807) is 26.2 Å². The number of hydrogen-bond donors (Lipinski definition) is 0. The lowest BCUT2D eigenvalue weighted by Gasteiger charge is -2.32. The number of aromatic nitrogens is 3. The molecule has 9 heteroatoms. The van der Waals surface area contributed by atoms with Gasteiger partial charge in [-0.2, -0.15) is 9.40 Å². The summed E-state index contributed by atoms with van der Waals surface area (Å²) in [5.41, 5.74) is 1.24. The molecule has 0 bridgehead atoms. The van der Waals surface area contributed by atoms with Gasteiger partial charge in [-0.25, -0.2) is 17.8 Å². The van der Waals surface area contributed by atoms with Crippen LogP contribution in [0.4, 0.5) is 4.39 Å². The molecule has 0 amide bonds. The summed E-state index contributed by atoms with van der Waals surface area (Å²) in [7, 11) is -2.02. The number of nitrogens with zero attached hydrogens (tertiary/aromatic N) is 4. The number of halogens is 1. The summed E-state index contributed by atoms with van der Waals surface area (Å²) >= 11 is 0. The second kappa shape index (κ2) is 7.72. The van der Waals surface area contributed by atoms with Crippen molar-refractivity contribution in [2.24, 2.45) is 7.05 Å². The zero-order valence-corrected chi connectivity index (χ0v) is 17.2. The normalized spacial score (nSPS) is 18.2. The predicted octanol–water partition coefficient (Wildman–Crippen LogP) is 3.36. The van der Waals surface area contributed by atoms with Gasteiger partial charge in [0.15, 0.2) is 0 Å². The van der Waals surface area contributed by atoms with E-state index in [2.05, 4.69) is 10.1 Å². The lowest BCUT2D eigenvalue weighted by atomic mass is 10.1. The molecule has 0 aliphatic carbocycles. The zero-order chi connectivity index (χ0) is 20.6. The van der Waals surface area contributed by atoms with Gasteiger partial charge in [0.2, 0.25) is 15.9 Å². The van der Waals surface area contributed by atoms with Gasteiger partial charge in [-0.15, -0.1) is 0 Å². The molecule has 1 aliphatic rings. The van der Waals surface area contributed by atoms with E-state index in [4.69, 9.17) is 4.42 Å². The van der Waals surface area contributed by atoms with E-state index < -0.39 is 16.1 Å². The Morgan fingerprint density at radius 2 is 2.14 bits per heavy atom. The second-order valence-corrected chi connectivity index (χ2v) is 9.21. The predicted molar refractivity (Wildman–Crippen MR) is 104 cm³/mol. The Kier molecular flexibility index (Phi) is 5.26. The van der Waals surface area contributed by atoms with Gasteiger partial charge < -0.3 is 4.42 Å². The van der Waals surface area contributed by atoms with E-state index >= 15 is 0 Å². The van der Waals surface area contributed by atoms with Crippen LogP contribution in [0, 0.1) is 12.7 Å². The lowest BCUT2D eigenvalue weighted by Crippen LogP contribution is -2.38. The number of benzene rings is 1. The largest absolute Gasteiger partial charge is 0.444 e. The average Bonchev–Trinajstić information content (AvgIpc) is 3.28. The molecule has 0 N–H and O–H groups in total. The SMILES string of the molecule is Cc1nn(C)cc1S(=O)(=O)N1CCCC[C@@H]1c1ncc(Cc2cccc(F)c2)o1. The quantitative estimate of drug-likeness (QED) is 0.635. The highest BCUT2D eigenvalue weighted by Crippen LogP contribution is 2.36. The summed E-state index contributed by atoms with van der Waals surface area (Å²) < 4.78 is 48.9. The minimum absolute atomic E-state index is 0.207. The average molecular weight is 418 g/mol. The standard InChI is InChI=1S/C20H23FN4O3S/c1-14-19(13-24(2)23-14)29(26,27)25-9-4-3-8-18(25)20-22-12-17(28-20)11-15-6-5-7-16(21)10-15/h5-7,10,12-13,18H,3-4,8-9,11H2,1-2H3/t18-/m1/s1. The number of sulfonamides is 1. The Hall–Kier alpha value is -2.52. The Morgan fingerprint density at radius 3 is 2.86 bits per heavy atom. The first-order valence-electron chi connectivity index (χ1n) is 9.56. The summed E-state index contributed by atoms with van der Waals surface area (Å²) in [5, 5.41) is 4.17. The fourth-order valence-electron chi connectivity index (χ4n) is 3.80. The third-order valence-electron chi connectivity index (χ3n) is 5.13. The summed E-state index contributed by atoms with van der Waals surface area (Å²) in [6.07, 6.45) is 5.83. The number of oxazole rings is 1. The van der Waals surface area contributed by atoms with Gasteiger partial charge >= 0.3 is 0 Å². The van der Waals surface area contributed by atoms with Gasteiger partial charge in [-0.1, -0.05) is 18.6 Å². The summed E-state index contributed by atoms with van der Waals surface area (Å²) in [6.45, 7) is 2.09. The van der Waals surface area contributed by atoms with Gasteiger partial charge in [0.25, 0.3) is 0 Å². The maximum Gasteiger partial charge on any atom is 0.247 e. The van der Waals surface area contributed by atoms with E-state index in [1.165, 1.54) is 27.3 Å². The molecule has 0 spiro atoms. The van der Waals surface area contributed by atoms with Crippen LogP contribution in [0.25, 0.3) is 0 Å². The Labute approximate surface area is 169 Å². The van der Waals surface area contributed by atoms with Crippen LogP contribution in [-0.4, -0.2) is 34.0 Å². The molecule has 7 nitrogen and oxygen atoms in total. The summed E-state index contributed by atoms with van der Waals surface area (Å²) in [5.74, 6) is 0.644. The molecule has 1 atom stereocenters. The van der Waals surface area contributed by atoms with Crippen LogP contribution in [0.5, 0.6) is 0 Å². The van der Waals surface area contributed by atoms with Crippen molar-refractivity contribution in [3.05, 3.63) is 65.4 Å². The van der Waals surface area contributed by atoms with Crippen LogP contribution in [0.3, 0.4) is 0 Å². The fourth-order valence-corrected chi connectivity index (χ4v) is 5.66. The van der Waals surface area contributed by atoms with Crippen LogP contribution in [0.15, 0.2) is 46.0 Å². The monoisotopic (exact) mass is 418 g/mol. The molecule has 0 unspecified atom stereocenters. The molecule has 0 saturated carbocycles. The molecule has 1 aromatic carbocycles. The van der Waals surface area contributed by atoms with Crippen molar-refractivity contribution in [1.29, 1.82) is 0 Å². The molecule has 1 saturated heterocycles. The van der Waals surface area contributed by atoms with Crippen molar-refractivity contribution in [2.75, 3.05) is 6.54 Å². The summed E-state index contributed by atoms with van der Waals surface area (Å²) in [6, 6.07) is 5.83. The number of piperidine rings is 1. The van der Waals surface area contributed by atoms with E-state index in [0.717, 1.165) is 18.4 Å². The molecule has 2 aromatic heterocycles. The Morgan fingerprint density at radius 1 is 1.31 bits per heavy atom. The number of rotatable bonds is 5. The highest BCUT2D eigenvalue weighted by Gasteiger charge is 2.38. The van der Waals surface area contributed by atoms with Crippen molar-refractivity contribution in [2.45, 2.75) is 43.5 Å². The smallest absolute Gasteiger partial charge is 0.247 e. The van der Waals surface area contributed by atoms with Crippen molar-refractivity contribution in [1.82, 2.24) is 19.1 Å². The van der Waals surface area contributed by atoms with E-state index in [0.29, 0.717) is 36.7 Å². The van der Waals surface area contributed by atoms with Crippen LogP contribution < -0.4 is 0 Å². The van der Waals surface area contributed by atoms with Gasteiger partial charge in [-0.05, 0) is 37.5 Å². The van der Waals surface area contributed by atoms with Crippen molar-refractivity contribution >= 4 is 10.0 Å². The van der Waals surface area contributed by atoms with Gasteiger partial charge in [-0.3, -0.25) is 4.68 Å². The first-order chi connectivity index (χ1) is 13.8. The highest BCUT2D eigenvalue weighted by molar-refractivity contribution is 7.89. The highest BCUT2D eigenvalue weighted by atomic mass is 32.2. The van der Waals surface area contributed by atoms with E-state index in [9.17, 15) is 12.8 Å². The van der Waals surface area contributed by atoms with Crippen LogP contribution >= 0.6 is 0 Å². The molecule has 154 valence electrons. The first kappa shape index (κ1) is 19.8. The van der Waals surface area contributed by atoms with Crippen molar-refractivity contribution in [3.8, 4) is 0 Å². The van der Waals surface area contributed by atoms with Gasteiger partial charge in [0.05, 0.1) is 11.9 Å². The number of hydrogen-bond acceptors (Lipinski definition) is 5. The molecule has 3 aromatic rings. The number of aryl methyl sites for hydroxylation is 2. The topological polar surface area (TPSA) is 81.2 Å². The third kappa shape index (κ3) is 3.97. The van der Waals surface area contributed by atoms with Crippen molar-refractivity contribution < 1.29 is 17.2 Å². The van der Waals surface area contributed by atoms with Crippen LogP contribution in [0.1, 0.15) is 48.2 Å². The zero-order valence-electron chi connectivity index (χ0n) is 16.4. The van der Waals surface area contributed by atoms with Gasteiger partial charge in [0.1, 0.15) is 22.5 Å². The van der Waals surface area contributed by atoms with Crippen LogP contribution in [-0.2, 0) is 23.5 Å². The molecule has 4 rings (SSSR count). The molecular weight excluding hydrogens is 395 g/mol. The van der Waals surface area contributed by atoms with E-state index in [-0.39, 0.29) is 10.7 Å². The maximum absolute atomic E-state index is 13.4. The van der Waals surface area contributed by atoms with Crippen LogP contribution in [0.2, 0.25) is 0 Å². The van der Waals surface area contributed by atoms with Crippen molar-refractivity contribution in [3.63, 3.8) is 0 Å². The second-order valence-electron chi connectivity index (χ2n) is 7.35. The fraction of sp³-hybridized carbons (Fsp3) is 0.400. The molecule has 0 radical (unpaired) electrons. The molecule has 29 heavy (non-hydrogen) atoms.